The summed E-state index contributed by atoms with van der Waals surface area (Å²) in [5.74, 6) is 0.860. The van der Waals surface area contributed by atoms with Crippen LogP contribution in [0.2, 0.25) is 0 Å². The van der Waals surface area contributed by atoms with Gasteiger partial charge in [0.15, 0.2) is 0 Å². The molecule has 120 valence electrons. The molecule has 0 aliphatic carbocycles. The Bertz CT molecular complexity index is 619. The molecule has 1 aromatic heterocycles. The summed E-state index contributed by atoms with van der Waals surface area (Å²) < 4.78 is 0. The van der Waals surface area contributed by atoms with Crippen molar-refractivity contribution in [3.05, 3.63) is 35.8 Å². The van der Waals surface area contributed by atoms with E-state index < -0.39 is 0 Å². The third-order valence-corrected chi connectivity index (χ3v) is 3.54. The Morgan fingerprint density at radius 2 is 1.86 bits per heavy atom. The quantitative estimate of drug-likeness (QED) is 0.890. The minimum Gasteiger partial charge on any atom is -0.396 e. The second-order valence-corrected chi connectivity index (χ2v) is 7.09. The molecular formula is C18H27N3O. The highest BCUT2D eigenvalue weighted by Gasteiger charge is 2.17. The van der Waals surface area contributed by atoms with E-state index >= 15 is 0 Å². The third kappa shape index (κ3) is 4.75. The second-order valence-electron chi connectivity index (χ2n) is 7.09. The minimum atomic E-state index is 0.210. The van der Waals surface area contributed by atoms with Crippen LogP contribution in [0.4, 0.5) is 0 Å². The van der Waals surface area contributed by atoms with Crippen LogP contribution in [0.15, 0.2) is 24.3 Å². The van der Waals surface area contributed by atoms with Crippen LogP contribution in [-0.2, 0) is 6.54 Å². The normalized spacial score (nSPS) is 12.3. The molecule has 4 heteroatoms. The third-order valence-electron chi connectivity index (χ3n) is 3.54. The number of benzene rings is 1. The molecular weight excluding hydrogens is 274 g/mol. The first-order valence-corrected chi connectivity index (χ1v) is 7.94. The van der Waals surface area contributed by atoms with Gasteiger partial charge < -0.3 is 5.11 Å². The van der Waals surface area contributed by atoms with Crippen molar-refractivity contribution in [2.24, 2.45) is 5.41 Å². The van der Waals surface area contributed by atoms with Gasteiger partial charge in [-0.15, -0.1) is 0 Å². The maximum Gasteiger partial charge on any atom is 0.143 e. The van der Waals surface area contributed by atoms with E-state index in [-0.39, 0.29) is 12.0 Å². The van der Waals surface area contributed by atoms with E-state index in [0.29, 0.717) is 0 Å². The number of fused-ring (bicyclic) bond motifs is 1. The van der Waals surface area contributed by atoms with E-state index in [1.807, 2.05) is 25.1 Å². The molecule has 0 spiro atoms. The van der Waals surface area contributed by atoms with Gasteiger partial charge in [-0.3, -0.25) is 4.90 Å². The van der Waals surface area contributed by atoms with Gasteiger partial charge in [0.25, 0.3) is 0 Å². The highest BCUT2D eigenvalue weighted by Crippen LogP contribution is 2.19. The summed E-state index contributed by atoms with van der Waals surface area (Å²) in [6.07, 6.45) is 0.780. The van der Waals surface area contributed by atoms with Gasteiger partial charge in [-0.05, 0) is 24.8 Å². The number of nitrogens with zero attached hydrogens (tertiary/aromatic N) is 3. The van der Waals surface area contributed by atoms with Crippen LogP contribution in [0, 0.1) is 12.3 Å². The molecule has 2 rings (SSSR count). The lowest BCUT2D eigenvalue weighted by Gasteiger charge is -2.29. The van der Waals surface area contributed by atoms with Crippen LogP contribution in [0.1, 0.15) is 38.7 Å². The van der Waals surface area contributed by atoms with Gasteiger partial charge in [-0.25, -0.2) is 9.97 Å². The lowest BCUT2D eigenvalue weighted by molar-refractivity contribution is 0.163. The smallest absolute Gasteiger partial charge is 0.143 e. The highest BCUT2D eigenvalue weighted by molar-refractivity contribution is 5.80. The second kappa shape index (κ2) is 7.16. The number of aliphatic hydroxyl groups excluding tert-OH is 1. The van der Waals surface area contributed by atoms with Crippen molar-refractivity contribution in [3.63, 3.8) is 0 Å². The van der Waals surface area contributed by atoms with Gasteiger partial charge in [0.2, 0.25) is 0 Å². The number of hydrogen-bond donors (Lipinski definition) is 1. The fraction of sp³-hybridized carbons (Fsp3) is 0.556. The fourth-order valence-electron chi connectivity index (χ4n) is 2.74. The van der Waals surface area contributed by atoms with Crippen LogP contribution >= 0.6 is 0 Å². The summed E-state index contributed by atoms with van der Waals surface area (Å²) in [5.41, 5.74) is 2.24. The van der Waals surface area contributed by atoms with Crippen molar-refractivity contribution in [1.82, 2.24) is 14.9 Å². The molecule has 0 radical (unpaired) electrons. The molecule has 0 aliphatic rings. The monoisotopic (exact) mass is 301 g/mol. The first-order chi connectivity index (χ1) is 10.4. The molecule has 0 aliphatic heterocycles. The topological polar surface area (TPSA) is 49.2 Å². The molecule has 0 unspecified atom stereocenters. The minimum absolute atomic E-state index is 0.210. The first kappa shape index (κ1) is 16.8. The molecule has 1 heterocycles. The molecule has 22 heavy (non-hydrogen) atoms. The maximum absolute atomic E-state index is 9.11. The summed E-state index contributed by atoms with van der Waals surface area (Å²) >= 11 is 0. The Morgan fingerprint density at radius 3 is 2.55 bits per heavy atom. The van der Waals surface area contributed by atoms with E-state index in [1.165, 1.54) is 0 Å². The van der Waals surface area contributed by atoms with Crippen molar-refractivity contribution in [2.75, 3.05) is 19.7 Å². The predicted octanol–water partition coefficient (Wildman–Crippen LogP) is 3.17. The van der Waals surface area contributed by atoms with Crippen LogP contribution in [0.25, 0.3) is 10.9 Å². The van der Waals surface area contributed by atoms with E-state index in [1.54, 1.807) is 0 Å². The van der Waals surface area contributed by atoms with E-state index in [4.69, 9.17) is 10.1 Å². The lowest BCUT2D eigenvalue weighted by atomic mass is 9.96. The molecule has 2 aromatic rings. The molecule has 0 saturated carbocycles. The summed E-state index contributed by atoms with van der Waals surface area (Å²) in [6, 6.07) is 8.13. The first-order valence-electron chi connectivity index (χ1n) is 7.94. The molecule has 0 fully saturated rings. The summed E-state index contributed by atoms with van der Waals surface area (Å²) in [7, 11) is 0. The van der Waals surface area contributed by atoms with Crippen LogP contribution in [0.3, 0.4) is 0 Å². The Balaban J connectivity index is 2.21. The largest absolute Gasteiger partial charge is 0.396 e. The number of hydrogen-bond acceptors (Lipinski definition) is 4. The number of rotatable bonds is 6. The van der Waals surface area contributed by atoms with Crippen LogP contribution < -0.4 is 0 Å². The SMILES string of the molecule is Cc1nc(CN(CCCO)CC(C)(C)C)nc2ccccc12. The maximum atomic E-state index is 9.11. The van der Waals surface area contributed by atoms with Gasteiger partial charge in [0.05, 0.1) is 12.1 Å². The molecule has 0 bridgehead atoms. The summed E-state index contributed by atoms with van der Waals surface area (Å²) in [5, 5.41) is 10.2. The Kier molecular flexibility index (Phi) is 5.48. The highest BCUT2D eigenvalue weighted by atomic mass is 16.3. The molecule has 1 N–H and O–H groups in total. The van der Waals surface area contributed by atoms with Crippen molar-refractivity contribution in [1.29, 1.82) is 0 Å². The fourth-order valence-corrected chi connectivity index (χ4v) is 2.74. The molecule has 0 amide bonds. The van der Waals surface area contributed by atoms with E-state index in [2.05, 4.69) is 36.7 Å². The van der Waals surface area contributed by atoms with Crippen molar-refractivity contribution in [3.8, 4) is 0 Å². The average molecular weight is 301 g/mol. The van der Waals surface area contributed by atoms with Crippen LogP contribution in [-0.4, -0.2) is 39.7 Å². The molecule has 0 saturated heterocycles. The van der Waals surface area contributed by atoms with Crippen molar-refractivity contribution >= 4 is 10.9 Å². The summed E-state index contributed by atoms with van der Waals surface area (Å²) in [4.78, 5) is 11.7. The number of aliphatic hydroxyl groups is 1. The van der Waals surface area contributed by atoms with Crippen molar-refractivity contribution < 1.29 is 5.11 Å². The molecule has 4 nitrogen and oxygen atoms in total. The number of aryl methyl sites for hydroxylation is 1. The molecule has 1 aromatic carbocycles. The zero-order chi connectivity index (χ0) is 16.2. The van der Waals surface area contributed by atoms with Gasteiger partial charge in [0, 0.05) is 30.8 Å². The predicted molar refractivity (Wildman–Crippen MR) is 90.7 cm³/mol. The zero-order valence-electron chi connectivity index (χ0n) is 14.1. The van der Waals surface area contributed by atoms with Crippen molar-refractivity contribution in [2.45, 2.75) is 40.7 Å². The Labute approximate surface area is 133 Å². The Hall–Kier alpha value is -1.52. The molecule has 0 atom stereocenters. The average Bonchev–Trinajstić information content (AvgIpc) is 2.43. The van der Waals surface area contributed by atoms with Gasteiger partial charge in [0.1, 0.15) is 5.82 Å². The zero-order valence-corrected chi connectivity index (χ0v) is 14.1. The van der Waals surface area contributed by atoms with Gasteiger partial charge in [-0.2, -0.15) is 0 Å². The number of aromatic nitrogens is 2. The lowest BCUT2D eigenvalue weighted by Crippen LogP contribution is -2.34. The number of para-hydroxylation sites is 1. The van der Waals surface area contributed by atoms with Crippen LogP contribution in [0.5, 0.6) is 0 Å². The van der Waals surface area contributed by atoms with Gasteiger partial charge in [-0.1, -0.05) is 39.0 Å². The Morgan fingerprint density at radius 1 is 1.14 bits per heavy atom. The standard InChI is InChI=1S/C18H27N3O/c1-14-15-8-5-6-9-16(15)20-17(19-14)12-21(10-7-11-22)13-18(2,3)4/h5-6,8-9,22H,7,10-13H2,1-4H3. The summed E-state index contributed by atoms with van der Waals surface area (Å²) in [6.45, 7) is 11.5. The van der Waals surface area contributed by atoms with E-state index in [9.17, 15) is 0 Å². The van der Waals surface area contributed by atoms with E-state index in [0.717, 1.165) is 48.5 Å². The van der Waals surface area contributed by atoms with Gasteiger partial charge >= 0.3 is 0 Å².